The topological polar surface area (TPSA) is 121 Å². The number of aliphatic hydroxyl groups is 1. The molecule has 1 aromatic heterocycles. The molecule has 0 unspecified atom stereocenters. The quantitative estimate of drug-likeness (QED) is 0.671. The van der Waals surface area contributed by atoms with Gasteiger partial charge in [0, 0.05) is 27.8 Å². The monoisotopic (exact) mass is 320 g/mol. The summed E-state index contributed by atoms with van der Waals surface area (Å²) in [6, 6.07) is 8.68. The summed E-state index contributed by atoms with van der Waals surface area (Å²) < 4.78 is 0. The maximum absolute atomic E-state index is 11.9. The van der Waals surface area contributed by atoms with Gasteiger partial charge in [0.25, 0.3) is 0 Å². The number of nitrogens with one attached hydrogen (secondary N) is 1. The normalized spacial score (nSPS) is 11.7. The molecule has 0 bridgehead atoms. The van der Waals surface area contributed by atoms with E-state index in [1.807, 2.05) is 24.3 Å². The van der Waals surface area contributed by atoms with Gasteiger partial charge < -0.3 is 25.7 Å². The van der Waals surface area contributed by atoms with Crippen LogP contribution in [-0.4, -0.2) is 29.2 Å². The molecule has 116 valence electrons. The molecule has 0 atom stereocenters. The summed E-state index contributed by atoms with van der Waals surface area (Å²) in [5, 5.41) is 18.7. The van der Waals surface area contributed by atoms with Crippen LogP contribution in [0.4, 0.5) is 0 Å². The van der Waals surface area contributed by atoms with Crippen LogP contribution in [0.2, 0.25) is 0 Å². The van der Waals surface area contributed by atoms with Crippen molar-refractivity contribution >= 4 is 17.7 Å². The third-order valence-corrected chi connectivity index (χ3v) is 4.14. The van der Waals surface area contributed by atoms with Gasteiger partial charge in [-0.25, -0.2) is 0 Å². The van der Waals surface area contributed by atoms with E-state index in [1.54, 1.807) is 11.8 Å². The molecule has 0 saturated carbocycles. The minimum absolute atomic E-state index is 0.180. The standard InChI is InChI=1S/C13H9NO3S.C2H7NO/c15-10-5-9(13(16)17)14-12-7-3-1-2-4-11(7)18-6-8(10)12;3-1-2-4/h1-5H,6H2,(H,14,15)(H,16,17);4H,1-3H2. The number of aliphatic hydroxyl groups excluding tert-OH is 1. The second-order valence-electron chi connectivity index (χ2n) is 4.55. The van der Waals surface area contributed by atoms with Crippen LogP contribution in [-0.2, 0) is 5.75 Å². The summed E-state index contributed by atoms with van der Waals surface area (Å²) in [6.07, 6.45) is 0. The van der Waals surface area contributed by atoms with E-state index in [9.17, 15) is 14.7 Å². The number of pyridine rings is 1. The second kappa shape index (κ2) is 7.26. The SMILES string of the molecule is O=C([O-])c1cc(=O)c2c([nH]1)-c1ccccc1SC2.[NH3+]CCO. The highest BCUT2D eigenvalue weighted by molar-refractivity contribution is 7.98. The molecule has 6 nitrogen and oxygen atoms in total. The highest BCUT2D eigenvalue weighted by Crippen LogP contribution is 2.38. The number of carbonyl (C=O) groups excluding carboxylic acids is 1. The van der Waals surface area contributed by atoms with Crippen LogP contribution >= 0.6 is 11.8 Å². The fraction of sp³-hybridized carbons (Fsp3) is 0.200. The molecule has 2 heterocycles. The Morgan fingerprint density at radius 1 is 1.41 bits per heavy atom. The Bertz CT molecular complexity index is 741. The van der Waals surface area contributed by atoms with E-state index in [-0.39, 0.29) is 17.7 Å². The van der Waals surface area contributed by atoms with E-state index in [4.69, 9.17) is 5.11 Å². The Hall–Kier alpha value is -2.09. The van der Waals surface area contributed by atoms with Gasteiger partial charge in [-0.05, 0) is 6.07 Å². The largest absolute Gasteiger partial charge is 0.543 e. The first-order chi connectivity index (χ1) is 10.6. The first-order valence-electron chi connectivity index (χ1n) is 6.68. The van der Waals surface area contributed by atoms with Gasteiger partial charge in [-0.3, -0.25) is 4.79 Å². The van der Waals surface area contributed by atoms with E-state index in [2.05, 4.69) is 10.7 Å². The molecular weight excluding hydrogens is 304 g/mol. The smallest absolute Gasteiger partial charge is 0.186 e. The van der Waals surface area contributed by atoms with Crippen molar-refractivity contribution in [3.8, 4) is 11.3 Å². The Labute approximate surface area is 131 Å². The Morgan fingerprint density at radius 2 is 2.09 bits per heavy atom. The number of quaternary nitrogens is 1. The number of carboxylic acids is 1. The number of H-pyrrole nitrogens is 1. The van der Waals surface area contributed by atoms with E-state index in [0.29, 0.717) is 23.6 Å². The maximum atomic E-state index is 11.9. The van der Waals surface area contributed by atoms with Crippen molar-refractivity contribution in [2.24, 2.45) is 0 Å². The Balaban J connectivity index is 0.000000396. The molecule has 7 heteroatoms. The number of benzene rings is 1. The number of aromatic amines is 1. The number of aromatic carboxylic acids is 1. The van der Waals surface area contributed by atoms with Crippen LogP contribution in [0.5, 0.6) is 0 Å². The van der Waals surface area contributed by atoms with Crippen molar-refractivity contribution in [2.75, 3.05) is 13.2 Å². The number of fused-ring (bicyclic) bond motifs is 3. The molecule has 0 spiro atoms. The highest BCUT2D eigenvalue weighted by atomic mass is 32.2. The molecule has 2 aromatic rings. The fourth-order valence-corrected chi connectivity index (χ4v) is 3.11. The van der Waals surface area contributed by atoms with Crippen molar-refractivity contribution in [1.82, 2.24) is 4.98 Å². The molecule has 1 aliphatic heterocycles. The van der Waals surface area contributed by atoms with Crippen LogP contribution in [0.15, 0.2) is 40.0 Å². The third-order valence-electron chi connectivity index (χ3n) is 3.04. The molecule has 0 amide bonds. The van der Waals surface area contributed by atoms with Crippen molar-refractivity contribution in [3.63, 3.8) is 0 Å². The molecule has 0 saturated heterocycles. The lowest BCUT2D eigenvalue weighted by Crippen LogP contribution is -2.51. The molecule has 1 aromatic carbocycles. The Kier molecular flexibility index (Phi) is 5.37. The van der Waals surface area contributed by atoms with E-state index < -0.39 is 5.97 Å². The Morgan fingerprint density at radius 3 is 2.73 bits per heavy atom. The van der Waals surface area contributed by atoms with Crippen molar-refractivity contribution < 1.29 is 20.7 Å². The predicted molar refractivity (Wildman–Crippen MR) is 81.2 cm³/mol. The molecule has 0 aliphatic carbocycles. The average Bonchev–Trinajstić information content (AvgIpc) is 2.54. The van der Waals surface area contributed by atoms with Crippen LogP contribution in [0, 0.1) is 0 Å². The summed E-state index contributed by atoms with van der Waals surface area (Å²) in [7, 11) is 0. The van der Waals surface area contributed by atoms with Gasteiger partial charge in [-0.1, -0.05) is 18.2 Å². The third kappa shape index (κ3) is 3.38. The van der Waals surface area contributed by atoms with Gasteiger partial charge in [-0.15, -0.1) is 11.8 Å². The number of carboxylic acid groups (broad SMARTS) is 1. The zero-order valence-electron chi connectivity index (χ0n) is 11.8. The number of hydrogen-bond donors (Lipinski definition) is 3. The predicted octanol–water partition coefficient (Wildman–Crippen LogP) is -0.768. The number of rotatable bonds is 2. The summed E-state index contributed by atoms with van der Waals surface area (Å²) >= 11 is 1.58. The fourth-order valence-electron chi connectivity index (χ4n) is 2.02. The summed E-state index contributed by atoms with van der Waals surface area (Å²) in [4.78, 5) is 26.6. The number of aromatic nitrogens is 1. The van der Waals surface area contributed by atoms with Crippen molar-refractivity contribution in [3.05, 3.63) is 51.8 Å². The van der Waals surface area contributed by atoms with Gasteiger partial charge in [0.1, 0.15) is 0 Å². The summed E-state index contributed by atoms with van der Waals surface area (Å²) in [6.45, 7) is 0.833. The van der Waals surface area contributed by atoms with Crippen molar-refractivity contribution in [1.29, 1.82) is 0 Å². The van der Waals surface area contributed by atoms with Gasteiger partial charge in [0.2, 0.25) is 0 Å². The first-order valence-corrected chi connectivity index (χ1v) is 7.67. The number of thioether (sulfide) groups is 1. The molecule has 0 radical (unpaired) electrons. The van der Waals surface area contributed by atoms with Crippen LogP contribution in [0.3, 0.4) is 0 Å². The van der Waals surface area contributed by atoms with Gasteiger partial charge in [0.15, 0.2) is 5.43 Å². The summed E-state index contributed by atoms with van der Waals surface area (Å²) in [5.74, 6) is -0.819. The van der Waals surface area contributed by atoms with E-state index in [0.717, 1.165) is 16.5 Å². The summed E-state index contributed by atoms with van der Waals surface area (Å²) in [5.41, 5.74) is 4.99. The highest BCUT2D eigenvalue weighted by Gasteiger charge is 2.19. The van der Waals surface area contributed by atoms with Gasteiger partial charge >= 0.3 is 0 Å². The minimum atomic E-state index is -1.37. The van der Waals surface area contributed by atoms with Gasteiger partial charge in [0.05, 0.1) is 30.5 Å². The zero-order chi connectivity index (χ0) is 16.1. The van der Waals surface area contributed by atoms with Crippen molar-refractivity contribution in [2.45, 2.75) is 10.6 Å². The van der Waals surface area contributed by atoms with Crippen LogP contribution in [0.1, 0.15) is 16.1 Å². The molecule has 5 N–H and O–H groups in total. The van der Waals surface area contributed by atoms with Crippen LogP contribution in [0.25, 0.3) is 11.3 Å². The minimum Gasteiger partial charge on any atom is -0.543 e. The lowest BCUT2D eigenvalue weighted by Gasteiger charge is -2.19. The number of carbonyl (C=O) groups is 1. The zero-order valence-corrected chi connectivity index (χ0v) is 12.6. The maximum Gasteiger partial charge on any atom is 0.186 e. The first kappa shape index (κ1) is 16.3. The average molecular weight is 320 g/mol. The van der Waals surface area contributed by atoms with E-state index in [1.165, 1.54) is 0 Å². The molecule has 22 heavy (non-hydrogen) atoms. The molecular formula is C15H16N2O4S. The van der Waals surface area contributed by atoms with E-state index >= 15 is 0 Å². The molecule has 3 rings (SSSR count). The van der Waals surface area contributed by atoms with Crippen LogP contribution < -0.4 is 16.3 Å². The molecule has 1 aliphatic rings. The lowest BCUT2D eigenvalue weighted by molar-refractivity contribution is -0.372. The molecule has 0 fully saturated rings. The lowest BCUT2D eigenvalue weighted by atomic mass is 10.1. The number of hydrogen-bond acceptors (Lipinski definition) is 5. The van der Waals surface area contributed by atoms with Gasteiger partial charge in [-0.2, -0.15) is 0 Å². The second-order valence-corrected chi connectivity index (χ2v) is 5.57.